The van der Waals surface area contributed by atoms with Crippen LogP contribution < -0.4 is 4.74 Å². The van der Waals surface area contributed by atoms with Crippen LogP contribution in [0.3, 0.4) is 0 Å². The highest BCUT2D eigenvalue weighted by Gasteiger charge is 2.28. The summed E-state index contributed by atoms with van der Waals surface area (Å²) in [5, 5.41) is 0. The SMILES string of the molecule is CCOC(=O)C1=CCOC1c1ccc(OC)cc1. The van der Waals surface area contributed by atoms with E-state index >= 15 is 0 Å². The monoisotopic (exact) mass is 248 g/mol. The maximum Gasteiger partial charge on any atom is 0.336 e. The van der Waals surface area contributed by atoms with Gasteiger partial charge in [0.2, 0.25) is 0 Å². The summed E-state index contributed by atoms with van der Waals surface area (Å²) in [7, 11) is 1.62. The van der Waals surface area contributed by atoms with E-state index in [4.69, 9.17) is 14.2 Å². The van der Waals surface area contributed by atoms with E-state index in [1.54, 1.807) is 20.1 Å². The van der Waals surface area contributed by atoms with E-state index in [1.165, 1.54) is 0 Å². The lowest BCUT2D eigenvalue weighted by Gasteiger charge is -2.14. The second-order valence-corrected chi connectivity index (χ2v) is 3.87. The molecular weight excluding hydrogens is 232 g/mol. The largest absolute Gasteiger partial charge is 0.497 e. The molecule has 1 atom stereocenters. The molecule has 4 heteroatoms. The van der Waals surface area contributed by atoms with Gasteiger partial charge in [-0.25, -0.2) is 4.79 Å². The van der Waals surface area contributed by atoms with Crippen molar-refractivity contribution in [1.82, 2.24) is 0 Å². The van der Waals surface area contributed by atoms with Crippen molar-refractivity contribution < 1.29 is 19.0 Å². The summed E-state index contributed by atoms with van der Waals surface area (Å²) in [6.45, 7) is 2.59. The van der Waals surface area contributed by atoms with Crippen LogP contribution in [0.4, 0.5) is 0 Å². The molecule has 1 aliphatic rings. The second kappa shape index (κ2) is 5.69. The zero-order valence-corrected chi connectivity index (χ0v) is 10.5. The van der Waals surface area contributed by atoms with Crippen molar-refractivity contribution in [1.29, 1.82) is 0 Å². The van der Waals surface area contributed by atoms with Crippen molar-refractivity contribution in [3.63, 3.8) is 0 Å². The Morgan fingerprint density at radius 3 is 2.72 bits per heavy atom. The molecule has 0 radical (unpaired) electrons. The lowest BCUT2D eigenvalue weighted by Crippen LogP contribution is -2.13. The third-order valence-corrected chi connectivity index (χ3v) is 2.78. The van der Waals surface area contributed by atoms with Crippen LogP contribution in [0, 0.1) is 0 Å². The number of carbonyl (C=O) groups excluding carboxylic acids is 1. The van der Waals surface area contributed by atoms with Crippen molar-refractivity contribution in [2.75, 3.05) is 20.3 Å². The first-order chi connectivity index (χ1) is 8.76. The van der Waals surface area contributed by atoms with Crippen LogP contribution in [-0.4, -0.2) is 26.3 Å². The number of esters is 1. The maximum absolute atomic E-state index is 11.8. The minimum Gasteiger partial charge on any atom is -0.497 e. The van der Waals surface area contributed by atoms with Gasteiger partial charge in [-0.1, -0.05) is 12.1 Å². The number of methoxy groups -OCH3 is 1. The van der Waals surface area contributed by atoms with E-state index in [1.807, 2.05) is 24.3 Å². The highest BCUT2D eigenvalue weighted by atomic mass is 16.5. The quantitative estimate of drug-likeness (QED) is 0.767. The maximum atomic E-state index is 11.8. The van der Waals surface area contributed by atoms with Gasteiger partial charge < -0.3 is 14.2 Å². The Labute approximate surface area is 106 Å². The Morgan fingerprint density at radius 2 is 2.11 bits per heavy atom. The molecule has 0 amide bonds. The highest BCUT2D eigenvalue weighted by Crippen LogP contribution is 2.32. The summed E-state index contributed by atoms with van der Waals surface area (Å²) in [6, 6.07) is 7.48. The van der Waals surface area contributed by atoms with E-state index in [9.17, 15) is 4.79 Å². The molecule has 0 N–H and O–H groups in total. The molecule has 0 aromatic heterocycles. The molecule has 18 heavy (non-hydrogen) atoms. The Hall–Kier alpha value is -1.81. The molecule has 1 heterocycles. The molecule has 1 aromatic rings. The van der Waals surface area contributed by atoms with Crippen molar-refractivity contribution >= 4 is 5.97 Å². The first-order valence-electron chi connectivity index (χ1n) is 5.89. The van der Waals surface area contributed by atoms with Gasteiger partial charge in [0.1, 0.15) is 11.9 Å². The molecule has 0 bridgehead atoms. The fourth-order valence-corrected chi connectivity index (χ4v) is 1.89. The van der Waals surface area contributed by atoms with E-state index in [0.29, 0.717) is 18.8 Å². The van der Waals surface area contributed by atoms with Crippen LogP contribution in [-0.2, 0) is 14.3 Å². The minimum absolute atomic E-state index is 0.309. The fraction of sp³-hybridized carbons (Fsp3) is 0.357. The molecular formula is C14H16O4. The van der Waals surface area contributed by atoms with E-state index < -0.39 is 0 Å². The summed E-state index contributed by atoms with van der Waals surface area (Å²) in [5.41, 5.74) is 1.50. The van der Waals surface area contributed by atoms with Crippen molar-refractivity contribution in [3.8, 4) is 5.75 Å². The van der Waals surface area contributed by atoms with Gasteiger partial charge >= 0.3 is 5.97 Å². The molecule has 0 fully saturated rings. The standard InChI is InChI=1S/C14H16O4/c1-3-17-14(15)12-8-9-18-13(12)10-4-6-11(16-2)7-5-10/h4-8,13H,3,9H2,1-2H3. The van der Waals surface area contributed by atoms with Gasteiger partial charge in [0.15, 0.2) is 0 Å². The zero-order chi connectivity index (χ0) is 13.0. The second-order valence-electron chi connectivity index (χ2n) is 3.87. The molecule has 4 nitrogen and oxygen atoms in total. The number of rotatable bonds is 4. The van der Waals surface area contributed by atoms with Crippen LogP contribution in [0.25, 0.3) is 0 Å². The molecule has 1 unspecified atom stereocenters. The number of carbonyl (C=O) groups is 1. The first-order valence-corrected chi connectivity index (χ1v) is 5.89. The molecule has 0 spiro atoms. The van der Waals surface area contributed by atoms with Crippen molar-refractivity contribution in [2.45, 2.75) is 13.0 Å². The van der Waals surface area contributed by atoms with Crippen molar-refractivity contribution in [3.05, 3.63) is 41.5 Å². The summed E-state index contributed by atoms with van der Waals surface area (Å²) < 4.78 is 15.7. The molecule has 0 saturated heterocycles. The normalized spacial score (nSPS) is 18.3. The fourth-order valence-electron chi connectivity index (χ4n) is 1.89. The van der Waals surface area contributed by atoms with Gasteiger partial charge in [0.25, 0.3) is 0 Å². The third kappa shape index (κ3) is 2.54. The molecule has 1 aliphatic heterocycles. The predicted molar refractivity (Wildman–Crippen MR) is 66.4 cm³/mol. The van der Waals surface area contributed by atoms with Gasteiger partial charge in [-0.2, -0.15) is 0 Å². The topological polar surface area (TPSA) is 44.8 Å². The van der Waals surface area contributed by atoms with Crippen LogP contribution >= 0.6 is 0 Å². The van der Waals surface area contributed by atoms with E-state index in [-0.39, 0.29) is 12.1 Å². The summed E-state index contributed by atoms with van der Waals surface area (Å²) >= 11 is 0. The molecule has 0 aliphatic carbocycles. The number of benzene rings is 1. The molecule has 96 valence electrons. The Kier molecular flexibility index (Phi) is 3.99. The summed E-state index contributed by atoms with van der Waals surface area (Å²) in [6.07, 6.45) is 1.43. The zero-order valence-electron chi connectivity index (χ0n) is 10.5. The first kappa shape index (κ1) is 12.6. The summed E-state index contributed by atoms with van der Waals surface area (Å²) in [4.78, 5) is 11.8. The number of hydrogen-bond donors (Lipinski definition) is 0. The molecule has 1 aromatic carbocycles. The van der Waals surface area contributed by atoms with Crippen LogP contribution in [0.1, 0.15) is 18.6 Å². The van der Waals surface area contributed by atoms with Gasteiger partial charge in [0.05, 0.1) is 25.9 Å². The number of hydrogen-bond acceptors (Lipinski definition) is 4. The highest BCUT2D eigenvalue weighted by molar-refractivity contribution is 5.90. The van der Waals surface area contributed by atoms with Gasteiger partial charge in [0, 0.05) is 0 Å². The number of ether oxygens (including phenoxy) is 3. The summed E-state index contributed by atoms with van der Waals surface area (Å²) in [5.74, 6) is 0.467. The Balaban J connectivity index is 2.16. The minimum atomic E-state index is -0.338. The van der Waals surface area contributed by atoms with Crippen LogP contribution in [0.5, 0.6) is 5.75 Å². The predicted octanol–water partition coefficient (Wildman–Crippen LogP) is 2.26. The smallest absolute Gasteiger partial charge is 0.336 e. The molecule has 2 rings (SSSR count). The van der Waals surface area contributed by atoms with Crippen LogP contribution in [0.15, 0.2) is 35.9 Å². The molecule has 0 saturated carbocycles. The Morgan fingerprint density at radius 1 is 1.39 bits per heavy atom. The van der Waals surface area contributed by atoms with Gasteiger partial charge in [-0.15, -0.1) is 0 Å². The van der Waals surface area contributed by atoms with Crippen LogP contribution in [0.2, 0.25) is 0 Å². The van der Waals surface area contributed by atoms with Crippen molar-refractivity contribution in [2.24, 2.45) is 0 Å². The lowest BCUT2D eigenvalue weighted by atomic mass is 10.0. The van der Waals surface area contributed by atoms with Gasteiger partial charge in [-0.05, 0) is 30.7 Å². The van der Waals surface area contributed by atoms with E-state index in [0.717, 1.165) is 11.3 Å². The lowest BCUT2D eigenvalue weighted by molar-refractivity contribution is -0.139. The average Bonchev–Trinajstić information content (AvgIpc) is 2.88. The Bertz CT molecular complexity index is 447. The third-order valence-electron chi connectivity index (χ3n) is 2.78. The van der Waals surface area contributed by atoms with Gasteiger partial charge in [-0.3, -0.25) is 0 Å². The van der Waals surface area contributed by atoms with E-state index in [2.05, 4.69) is 0 Å². The average molecular weight is 248 g/mol.